The number of likely N-dealkylation sites (tertiary alicyclic amines) is 1. The third-order valence-electron chi connectivity index (χ3n) is 4.28. The van der Waals surface area contributed by atoms with E-state index in [0.717, 1.165) is 26.1 Å². The fourth-order valence-electron chi connectivity index (χ4n) is 2.98. The molecule has 4 heteroatoms. The van der Waals surface area contributed by atoms with Crippen LogP contribution in [0.5, 0.6) is 0 Å². The van der Waals surface area contributed by atoms with Crippen molar-refractivity contribution in [2.45, 2.75) is 45.6 Å². The second kappa shape index (κ2) is 6.02. The first-order chi connectivity index (χ1) is 8.60. The molecule has 2 fully saturated rings. The van der Waals surface area contributed by atoms with Crippen LogP contribution in [0.4, 0.5) is 0 Å². The number of piperidine rings is 1. The van der Waals surface area contributed by atoms with E-state index < -0.39 is 0 Å². The lowest BCUT2D eigenvalue weighted by molar-refractivity contribution is -0.130. The Labute approximate surface area is 110 Å². The molecule has 2 heterocycles. The predicted octanol–water partition coefficient (Wildman–Crippen LogP) is 0.977. The molecule has 2 N–H and O–H groups in total. The van der Waals surface area contributed by atoms with Crippen molar-refractivity contribution in [3.05, 3.63) is 0 Å². The van der Waals surface area contributed by atoms with Crippen molar-refractivity contribution in [3.63, 3.8) is 0 Å². The molecule has 0 spiro atoms. The summed E-state index contributed by atoms with van der Waals surface area (Å²) in [7, 11) is 0. The summed E-state index contributed by atoms with van der Waals surface area (Å²) in [6.07, 6.45) is 4.93. The lowest BCUT2D eigenvalue weighted by atomic mass is 9.88. The molecule has 0 saturated carbocycles. The zero-order valence-corrected chi connectivity index (χ0v) is 11.8. The molecule has 104 valence electrons. The van der Waals surface area contributed by atoms with Crippen LogP contribution < -0.4 is 10.6 Å². The lowest BCUT2D eigenvalue weighted by Gasteiger charge is -2.31. The highest BCUT2D eigenvalue weighted by molar-refractivity contribution is 5.83. The van der Waals surface area contributed by atoms with E-state index in [4.69, 9.17) is 0 Å². The van der Waals surface area contributed by atoms with Gasteiger partial charge in [-0.1, -0.05) is 6.42 Å². The molecule has 2 unspecified atom stereocenters. The summed E-state index contributed by atoms with van der Waals surface area (Å²) in [5, 5.41) is 6.47. The average Bonchev–Trinajstić information content (AvgIpc) is 2.78. The summed E-state index contributed by atoms with van der Waals surface area (Å²) in [6.45, 7) is 9.35. The SMILES string of the molecule is CC(CN1CCCCC1)NC(=O)C1(C)CCNC1. The largest absolute Gasteiger partial charge is 0.352 e. The van der Waals surface area contributed by atoms with Crippen molar-refractivity contribution in [1.82, 2.24) is 15.5 Å². The van der Waals surface area contributed by atoms with E-state index in [9.17, 15) is 4.79 Å². The van der Waals surface area contributed by atoms with Crippen LogP contribution in [0, 0.1) is 5.41 Å². The first-order valence-corrected chi connectivity index (χ1v) is 7.34. The fourth-order valence-corrected chi connectivity index (χ4v) is 2.98. The van der Waals surface area contributed by atoms with Gasteiger partial charge in [0.15, 0.2) is 0 Å². The number of carbonyl (C=O) groups excluding carboxylic acids is 1. The molecule has 2 atom stereocenters. The van der Waals surface area contributed by atoms with Gasteiger partial charge in [0.1, 0.15) is 0 Å². The standard InChI is InChI=1S/C14H27N3O/c1-12(10-17-8-4-3-5-9-17)16-13(18)14(2)6-7-15-11-14/h12,15H,3-11H2,1-2H3,(H,16,18). The highest BCUT2D eigenvalue weighted by atomic mass is 16.2. The van der Waals surface area contributed by atoms with Gasteiger partial charge in [0.25, 0.3) is 0 Å². The smallest absolute Gasteiger partial charge is 0.227 e. The molecule has 4 nitrogen and oxygen atoms in total. The molecule has 0 aromatic carbocycles. The monoisotopic (exact) mass is 253 g/mol. The number of nitrogens with zero attached hydrogens (tertiary/aromatic N) is 1. The average molecular weight is 253 g/mol. The minimum Gasteiger partial charge on any atom is -0.352 e. The molecule has 18 heavy (non-hydrogen) atoms. The maximum absolute atomic E-state index is 12.2. The minimum atomic E-state index is -0.198. The summed E-state index contributed by atoms with van der Waals surface area (Å²) < 4.78 is 0. The van der Waals surface area contributed by atoms with Crippen molar-refractivity contribution < 1.29 is 4.79 Å². The quantitative estimate of drug-likeness (QED) is 0.785. The van der Waals surface area contributed by atoms with E-state index in [1.54, 1.807) is 0 Å². The zero-order valence-electron chi connectivity index (χ0n) is 11.8. The predicted molar refractivity (Wildman–Crippen MR) is 73.5 cm³/mol. The Morgan fingerprint density at radius 2 is 2.11 bits per heavy atom. The lowest BCUT2D eigenvalue weighted by Crippen LogP contribution is -2.48. The van der Waals surface area contributed by atoms with Gasteiger partial charge >= 0.3 is 0 Å². The Balaban J connectivity index is 1.76. The number of carbonyl (C=O) groups is 1. The van der Waals surface area contributed by atoms with Gasteiger partial charge in [-0.05, 0) is 52.7 Å². The Kier molecular flexibility index (Phi) is 4.62. The van der Waals surface area contributed by atoms with Crippen molar-refractivity contribution in [1.29, 1.82) is 0 Å². The normalized spacial score (nSPS) is 31.2. The van der Waals surface area contributed by atoms with Gasteiger partial charge in [0.05, 0.1) is 5.41 Å². The molecule has 0 aromatic heterocycles. The molecule has 1 amide bonds. The summed E-state index contributed by atoms with van der Waals surface area (Å²) in [4.78, 5) is 14.7. The summed E-state index contributed by atoms with van der Waals surface area (Å²) in [5.74, 6) is 0.219. The van der Waals surface area contributed by atoms with Gasteiger partial charge in [-0.2, -0.15) is 0 Å². The van der Waals surface area contributed by atoms with Crippen LogP contribution in [0.3, 0.4) is 0 Å². The van der Waals surface area contributed by atoms with Crippen LogP contribution in [0.2, 0.25) is 0 Å². The van der Waals surface area contributed by atoms with Crippen LogP contribution in [0.15, 0.2) is 0 Å². The first-order valence-electron chi connectivity index (χ1n) is 7.34. The van der Waals surface area contributed by atoms with Crippen molar-refractivity contribution in [2.24, 2.45) is 5.41 Å². The molecule has 2 saturated heterocycles. The van der Waals surface area contributed by atoms with Crippen molar-refractivity contribution in [3.8, 4) is 0 Å². The van der Waals surface area contributed by atoms with Crippen LogP contribution in [0.25, 0.3) is 0 Å². The maximum Gasteiger partial charge on any atom is 0.227 e. The third kappa shape index (κ3) is 3.45. The maximum atomic E-state index is 12.2. The molecule has 0 aromatic rings. The van der Waals surface area contributed by atoms with Crippen molar-refractivity contribution >= 4 is 5.91 Å². The summed E-state index contributed by atoms with van der Waals surface area (Å²) in [5.41, 5.74) is -0.198. The number of amides is 1. The molecule has 0 aliphatic carbocycles. The molecule has 0 bridgehead atoms. The van der Waals surface area contributed by atoms with Gasteiger partial charge in [-0.15, -0.1) is 0 Å². The van der Waals surface area contributed by atoms with Gasteiger partial charge < -0.3 is 15.5 Å². The van der Waals surface area contributed by atoms with Gasteiger partial charge in [0.2, 0.25) is 5.91 Å². The van der Waals surface area contributed by atoms with Crippen LogP contribution in [-0.2, 0) is 4.79 Å². The van der Waals surface area contributed by atoms with Crippen LogP contribution in [-0.4, -0.2) is 49.6 Å². The summed E-state index contributed by atoms with van der Waals surface area (Å²) in [6, 6.07) is 0.257. The Morgan fingerprint density at radius 3 is 2.72 bits per heavy atom. The molecular weight excluding hydrogens is 226 g/mol. The van der Waals surface area contributed by atoms with E-state index in [-0.39, 0.29) is 17.4 Å². The molecule has 0 radical (unpaired) electrons. The molecule has 2 aliphatic rings. The number of rotatable bonds is 4. The Hall–Kier alpha value is -0.610. The van der Waals surface area contributed by atoms with Gasteiger partial charge in [-0.25, -0.2) is 0 Å². The molecule has 2 aliphatic heterocycles. The fraction of sp³-hybridized carbons (Fsp3) is 0.929. The van der Waals surface area contributed by atoms with E-state index >= 15 is 0 Å². The second-order valence-electron chi connectivity index (χ2n) is 6.22. The number of hydrogen-bond acceptors (Lipinski definition) is 3. The van der Waals surface area contributed by atoms with Crippen LogP contribution >= 0.6 is 0 Å². The zero-order chi connectivity index (χ0) is 13.0. The highest BCUT2D eigenvalue weighted by Gasteiger charge is 2.36. The minimum absolute atomic E-state index is 0.198. The summed E-state index contributed by atoms with van der Waals surface area (Å²) >= 11 is 0. The third-order valence-corrected chi connectivity index (χ3v) is 4.28. The van der Waals surface area contributed by atoms with Crippen LogP contribution in [0.1, 0.15) is 39.5 Å². The Bertz CT molecular complexity index is 281. The second-order valence-corrected chi connectivity index (χ2v) is 6.22. The topological polar surface area (TPSA) is 44.4 Å². The van der Waals surface area contributed by atoms with Gasteiger partial charge in [0, 0.05) is 19.1 Å². The Morgan fingerprint density at radius 1 is 1.39 bits per heavy atom. The van der Waals surface area contributed by atoms with Gasteiger partial charge in [-0.3, -0.25) is 4.79 Å². The highest BCUT2D eigenvalue weighted by Crippen LogP contribution is 2.24. The number of hydrogen-bond donors (Lipinski definition) is 2. The molecular formula is C14H27N3O. The van der Waals surface area contributed by atoms with E-state index in [1.807, 2.05) is 0 Å². The molecule has 2 rings (SSSR count). The number of nitrogens with one attached hydrogen (secondary N) is 2. The van der Waals surface area contributed by atoms with Crippen molar-refractivity contribution in [2.75, 3.05) is 32.7 Å². The first kappa shape index (κ1) is 13.8. The van der Waals surface area contributed by atoms with E-state index in [2.05, 4.69) is 29.4 Å². The van der Waals surface area contributed by atoms with E-state index in [0.29, 0.717) is 0 Å². The van der Waals surface area contributed by atoms with E-state index in [1.165, 1.54) is 32.4 Å².